The Morgan fingerprint density at radius 2 is 2.33 bits per heavy atom. The summed E-state index contributed by atoms with van der Waals surface area (Å²) >= 11 is 5.09. The summed E-state index contributed by atoms with van der Waals surface area (Å²) in [5.41, 5.74) is 0. The van der Waals surface area contributed by atoms with Crippen molar-refractivity contribution in [1.82, 2.24) is 25.6 Å². The summed E-state index contributed by atoms with van der Waals surface area (Å²) in [6.45, 7) is 5.82. The first-order chi connectivity index (χ1) is 7.18. The van der Waals surface area contributed by atoms with Gasteiger partial charge in [0.1, 0.15) is 0 Å². The number of hydrogen-bond acceptors (Lipinski definition) is 3. The van der Waals surface area contributed by atoms with Gasteiger partial charge in [0.2, 0.25) is 0 Å². The molecule has 0 amide bonds. The van der Waals surface area contributed by atoms with E-state index >= 15 is 0 Å². The van der Waals surface area contributed by atoms with Crippen LogP contribution in [0.3, 0.4) is 0 Å². The quantitative estimate of drug-likeness (QED) is 0.568. The van der Waals surface area contributed by atoms with Gasteiger partial charge in [0, 0.05) is 25.3 Å². The Kier molecular flexibility index (Phi) is 5.03. The van der Waals surface area contributed by atoms with Crippen molar-refractivity contribution in [3.8, 4) is 0 Å². The van der Waals surface area contributed by atoms with E-state index in [1.165, 1.54) is 0 Å². The molecular formula is C9H17N5S. The number of rotatable bonds is 5. The number of nitrogens with zero attached hydrogens (tertiary/aromatic N) is 3. The molecule has 1 aromatic rings. The molecule has 0 aliphatic heterocycles. The zero-order valence-electron chi connectivity index (χ0n) is 9.10. The van der Waals surface area contributed by atoms with E-state index in [-0.39, 0.29) is 0 Å². The van der Waals surface area contributed by atoms with Crippen molar-refractivity contribution in [1.29, 1.82) is 0 Å². The summed E-state index contributed by atoms with van der Waals surface area (Å²) < 4.78 is 1.81. The third-order valence-electron chi connectivity index (χ3n) is 1.74. The van der Waals surface area contributed by atoms with Gasteiger partial charge in [-0.25, -0.2) is 0 Å². The molecule has 0 aliphatic rings. The molecule has 1 rings (SSSR count). The van der Waals surface area contributed by atoms with Crippen LogP contribution in [-0.2, 0) is 6.54 Å². The minimum absolute atomic E-state index is 0.375. The molecule has 0 unspecified atom stereocenters. The Morgan fingerprint density at radius 1 is 1.53 bits per heavy atom. The molecule has 15 heavy (non-hydrogen) atoms. The lowest BCUT2D eigenvalue weighted by Gasteiger charge is -2.12. The van der Waals surface area contributed by atoms with Crippen LogP contribution >= 0.6 is 12.2 Å². The maximum atomic E-state index is 5.09. The minimum Gasteiger partial charge on any atom is -0.363 e. The molecule has 6 heteroatoms. The smallest absolute Gasteiger partial charge is 0.166 e. The van der Waals surface area contributed by atoms with Gasteiger partial charge >= 0.3 is 0 Å². The molecule has 1 aromatic heterocycles. The van der Waals surface area contributed by atoms with Crippen molar-refractivity contribution in [2.45, 2.75) is 32.9 Å². The van der Waals surface area contributed by atoms with Crippen LogP contribution in [-0.4, -0.2) is 32.7 Å². The molecule has 0 saturated carbocycles. The fourth-order valence-corrected chi connectivity index (χ4v) is 1.45. The molecule has 0 aromatic carbocycles. The first kappa shape index (κ1) is 11.9. The third kappa shape index (κ3) is 5.31. The van der Waals surface area contributed by atoms with Crippen LogP contribution in [0.15, 0.2) is 12.4 Å². The second kappa shape index (κ2) is 6.34. The number of thiocarbonyl (C=S) groups is 1. The molecule has 0 aliphatic carbocycles. The fourth-order valence-electron chi connectivity index (χ4n) is 1.11. The van der Waals surface area contributed by atoms with E-state index in [1.807, 2.05) is 6.20 Å². The maximum absolute atomic E-state index is 5.09. The maximum Gasteiger partial charge on any atom is 0.166 e. The van der Waals surface area contributed by atoms with Gasteiger partial charge in [-0.05, 0) is 32.5 Å². The highest BCUT2D eigenvalue weighted by molar-refractivity contribution is 7.80. The van der Waals surface area contributed by atoms with Gasteiger partial charge in [-0.2, -0.15) is 0 Å². The van der Waals surface area contributed by atoms with Crippen molar-refractivity contribution >= 4 is 17.3 Å². The molecule has 0 atom stereocenters. The molecule has 0 spiro atoms. The topological polar surface area (TPSA) is 54.8 Å². The number of nitrogens with one attached hydrogen (secondary N) is 2. The largest absolute Gasteiger partial charge is 0.363 e. The molecule has 0 bridgehead atoms. The molecule has 0 saturated heterocycles. The highest BCUT2D eigenvalue weighted by Gasteiger charge is 1.97. The predicted octanol–water partition coefficient (Wildman–Crippen LogP) is 0.541. The molecule has 0 radical (unpaired) electrons. The molecule has 0 fully saturated rings. The first-order valence-electron chi connectivity index (χ1n) is 5.07. The second-order valence-electron chi connectivity index (χ2n) is 3.57. The van der Waals surface area contributed by atoms with Gasteiger partial charge in [0.05, 0.1) is 6.20 Å². The number of aromatic nitrogens is 3. The van der Waals surface area contributed by atoms with Gasteiger partial charge in [0.25, 0.3) is 0 Å². The Hall–Kier alpha value is -1.17. The SMILES string of the molecule is CC(C)NC(=S)NCCCn1ccnn1. The summed E-state index contributed by atoms with van der Waals surface area (Å²) in [4.78, 5) is 0. The summed E-state index contributed by atoms with van der Waals surface area (Å²) in [5, 5.41) is 14.6. The lowest BCUT2D eigenvalue weighted by atomic mass is 10.4. The van der Waals surface area contributed by atoms with E-state index in [2.05, 4.69) is 34.8 Å². The number of hydrogen-bond donors (Lipinski definition) is 2. The van der Waals surface area contributed by atoms with Gasteiger partial charge < -0.3 is 10.6 Å². The minimum atomic E-state index is 0.375. The Bertz CT molecular complexity index is 283. The highest BCUT2D eigenvalue weighted by Crippen LogP contribution is 1.86. The van der Waals surface area contributed by atoms with Crippen LogP contribution in [0.5, 0.6) is 0 Å². The van der Waals surface area contributed by atoms with Crippen LogP contribution in [0.4, 0.5) is 0 Å². The Balaban J connectivity index is 2.04. The summed E-state index contributed by atoms with van der Waals surface area (Å²) in [6, 6.07) is 0.375. The van der Waals surface area contributed by atoms with Crippen molar-refractivity contribution in [2.75, 3.05) is 6.54 Å². The average molecular weight is 227 g/mol. The second-order valence-corrected chi connectivity index (χ2v) is 3.98. The third-order valence-corrected chi connectivity index (χ3v) is 2.00. The van der Waals surface area contributed by atoms with Crippen LogP contribution in [0.2, 0.25) is 0 Å². The first-order valence-corrected chi connectivity index (χ1v) is 5.48. The standard InChI is InChI=1S/C9H17N5S/c1-8(2)12-9(15)10-4-3-6-14-7-5-11-13-14/h5,7-8H,3-4,6H2,1-2H3,(H2,10,12,15). The van der Waals surface area contributed by atoms with E-state index in [0.717, 1.165) is 19.5 Å². The van der Waals surface area contributed by atoms with E-state index in [0.29, 0.717) is 11.2 Å². The Labute approximate surface area is 95.2 Å². The van der Waals surface area contributed by atoms with Crippen molar-refractivity contribution in [3.63, 3.8) is 0 Å². The van der Waals surface area contributed by atoms with Crippen molar-refractivity contribution < 1.29 is 0 Å². The predicted molar refractivity (Wildman–Crippen MR) is 63.5 cm³/mol. The lowest BCUT2D eigenvalue weighted by molar-refractivity contribution is 0.552. The summed E-state index contributed by atoms with van der Waals surface area (Å²) in [6.07, 6.45) is 4.51. The van der Waals surface area contributed by atoms with Crippen LogP contribution in [0, 0.1) is 0 Å². The number of aryl methyl sites for hydroxylation is 1. The monoisotopic (exact) mass is 227 g/mol. The fraction of sp³-hybridized carbons (Fsp3) is 0.667. The molecule has 2 N–H and O–H groups in total. The van der Waals surface area contributed by atoms with E-state index in [4.69, 9.17) is 12.2 Å². The van der Waals surface area contributed by atoms with E-state index < -0.39 is 0 Å². The van der Waals surface area contributed by atoms with Gasteiger partial charge in [-0.1, -0.05) is 5.21 Å². The van der Waals surface area contributed by atoms with Gasteiger partial charge in [-0.15, -0.1) is 5.10 Å². The highest BCUT2D eigenvalue weighted by atomic mass is 32.1. The van der Waals surface area contributed by atoms with Crippen LogP contribution in [0.25, 0.3) is 0 Å². The van der Waals surface area contributed by atoms with Crippen molar-refractivity contribution in [2.24, 2.45) is 0 Å². The van der Waals surface area contributed by atoms with Crippen LogP contribution < -0.4 is 10.6 Å². The molecule has 84 valence electrons. The molecule has 5 nitrogen and oxygen atoms in total. The average Bonchev–Trinajstić information content (AvgIpc) is 2.63. The molecular weight excluding hydrogens is 210 g/mol. The van der Waals surface area contributed by atoms with E-state index in [9.17, 15) is 0 Å². The summed E-state index contributed by atoms with van der Waals surface area (Å²) in [7, 11) is 0. The van der Waals surface area contributed by atoms with Gasteiger partial charge in [0.15, 0.2) is 5.11 Å². The Morgan fingerprint density at radius 3 is 2.93 bits per heavy atom. The zero-order valence-corrected chi connectivity index (χ0v) is 9.92. The zero-order chi connectivity index (χ0) is 11.1. The van der Waals surface area contributed by atoms with E-state index in [1.54, 1.807) is 10.9 Å². The van der Waals surface area contributed by atoms with Crippen LogP contribution in [0.1, 0.15) is 20.3 Å². The van der Waals surface area contributed by atoms with Gasteiger partial charge in [-0.3, -0.25) is 4.68 Å². The normalized spacial score (nSPS) is 10.3. The van der Waals surface area contributed by atoms with Crippen molar-refractivity contribution in [3.05, 3.63) is 12.4 Å². The summed E-state index contributed by atoms with van der Waals surface area (Å²) in [5.74, 6) is 0. The molecule has 1 heterocycles. The lowest BCUT2D eigenvalue weighted by Crippen LogP contribution is -2.39.